The van der Waals surface area contributed by atoms with E-state index < -0.39 is 0 Å². The topological polar surface area (TPSA) is 22.4 Å². The van der Waals surface area contributed by atoms with Crippen LogP contribution in [-0.2, 0) is 0 Å². The molecule has 0 amide bonds. The molecule has 4 heteroatoms. The highest BCUT2D eigenvalue weighted by Crippen LogP contribution is 2.39. The predicted molar refractivity (Wildman–Crippen MR) is 74.9 cm³/mol. The third-order valence-electron chi connectivity index (χ3n) is 2.64. The average Bonchev–Trinajstić information content (AvgIpc) is 2.74. The molecule has 0 fully saturated rings. The maximum Gasteiger partial charge on any atom is 0.123 e. The molecule has 0 aliphatic carbocycles. The van der Waals surface area contributed by atoms with E-state index in [1.807, 2.05) is 31.2 Å². The van der Waals surface area contributed by atoms with Crippen LogP contribution in [0.4, 0.5) is 0 Å². The molecule has 0 aliphatic heterocycles. The van der Waals surface area contributed by atoms with Gasteiger partial charge in [0.2, 0.25) is 0 Å². The van der Waals surface area contributed by atoms with E-state index in [1.165, 1.54) is 0 Å². The van der Waals surface area contributed by atoms with Crippen molar-refractivity contribution in [2.24, 2.45) is 0 Å². The van der Waals surface area contributed by atoms with Crippen LogP contribution in [0.3, 0.4) is 0 Å². The van der Waals surface area contributed by atoms with Crippen molar-refractivity contribution in [3.05, 3.63) is 51.9 Å². The highest BCUT2D eigenvalue weighted by Gasteiger charge is 2.18. The van der Waals surface area contributed by atoms with Gasteiger partial charge in [0.15, 0.2) is 0 Å². The Morgan fingerprint density at radius 1 is 1.24 bits per heavy atom. The summed E-state index contributed by atoms with van der Waals surface area (Å²) in [5.74, 6) is 1.77. The zero-order valence-corrected chi connectivity index (χ0v) is 12.7. The van der Waals surface area contributed by atoms with Gasteiger partial charge in [0.05, 0.1) is 18.2 Å². The van der Waals surface area contributed by atoms with Crippen molar-refractivity contribution < 1.29 is 9.15 Å². The summed E-state index contributed by atoms with van der Waals surface area (Å²) in [6.07, 6.45) is 1.70. The van der Waals surface area contributed by atoms with E-state index in [0.29, 0.717) is 0 Å². The van der Waals surface area contributed by atoms with Gasteiger partial charge in [0.25, 0.3) is 0 Å². The number of methoxy groups -OCH3 is 1. The van der Waals surface area contributed by atoms with E-state index >= 15 is 0 Å². The van der Waals surface area contributed by atoms with Gasteiger partial charge in [-0.25, -0.2) is 0 Å². The summed E-state index contributed by atoms with van der Waals surface area (Å²) in [6, 6.07) is 7.92. The van der Waals surface area contributed by atoms with E-state index in [4.69, 9.17) is 9.15 Å². The Labute approximate surface area is 117 Å². The zero-order chi connectivity index (χ0) is 12.4. The van der Waals surface area contributed by atoms with Gasteiger partial charge in [-0.05, 0) is 31.2 Å². The van der Waals surface area contributed by atoms with E-state index in [-0.39, 0.29) is 4.83 Å². The van der Waals surface area contributed by atoms with E-state index in [1.54, 1.807) is 13.4 Å². The van der Waals surface area contributed by atoms with Crippen LogP contribution in [0.2, 0.25) is 0 Å². The van der Waals surface area contributed by atoms with Crippen LogP contribution in [0.5, 0.6) is 5.75 Å². The summed E-state index contributed by atoms with van der Waals surface area (Å²) >= 11 is 7.16. The summed E-state index contributed by atoms with van der Waals surface area (Å²) in [5, 5.41) is 0. The lowest BCUT2D eigenvalue weighted by molar-refractivity contribution is 0.410. The first kappa shape index (κ1) is 12.7. The van der Waals surface area contributed by atoms with Crippen molar-refractivity contribution in [2.75, 3.05) is 7.11 Å². The van der Waals surface area contributed by atoms with Gasteiger partial charge < -0.3 is 9.15 Å². The molecule has 1 heterocycles. The van der Waals surface area contributed by atoms with Crippen molar-refractivity contribution >= 4 is 31.9 Å². The molecule has 0 N–H and O–H groups in total. The molecule has 0 aliphatic rings. The molecular formula is C13H12Br2O2. The molecule has 0 bridgehead atoms. The van der Waals surface area contributed by atoms with Crippen molar-refractivity contribution in [1.82, 2.24) is 0 Å². The maximum absolute atomic E-state index is 5.38. The first-order chi connectivity index (χ1) is 8.13. The quantitative estimate of drug-likeness (QED) is 0.731. The van der Waals surface area contributed by atoms with Gasteiger partial charge in [-0.3, -0.25) is 0 Å². The molecule has 1 aromatic heterocycles. The Balaban J connectivity index is 2.46. The number of aryl methyl sites for hydroxylation is 1. The summed E-state index contributed by atoms with van der Waals surface area (Å²) in [6.45, 7) is 1.95. The number of hydrogen-bond donors (Lipinski definition) is 0. The minimum Gasteiger partial charge on any atom is -0.496 e. The van der Waals surface area contributed by atoms with Crippen LogP contribution in [0.15, 0.2) is 39.4 Å². The Hall–Kier alpha value is -0.740. The maximum atomic E-state index is 5.38. The second-order valence-corrected chi connectivity index (χ2v) is 5.51. The Morgan fingerprint density at radius 3 is 2.59 bits per heavy atom. The number of alkyl halides is 1. The lowest BCUT2D eigenvalue weighted by atomic mass is 10.0. The normalized spacial score (nSPS) is 12.5. The number of hydrogen-bond acceptors (Lipinski definition) is 2. The Bertz CT molecular complexity index is 520. The molecular weight excluding hydrogens is 348 g/mol. The summed E-state index contributed by atoms with van der Waals surface area (Å²) in [4.78, 5) is 0.0636. The average molecular weight is 360 g/mol. The monoisotopic (exact) mass is 358 g/mol. The van der Waals surface area contributed by atoms with Gasteiger partial charge in [0.1, 0.15) is 11.5 Å². The molecule has 2 rings (SSSR count). The molecule has 2 nitrogen and oxygen atoms in total. The molecule has 1 atom stereocenters. The van der Waals surface area contributed by atoms with Gasteiger partial charge in [-0.1, -0.05) is 31.9 Å². The standard InChI is InChI=1S/C13H12Br2O2/c1-8-10(5-6-17-8)13(15)11-7-9(14)3-4-12(11)16-2/h3-7,13H,1-2H3. The number of rotatable bonds is 3. The van der Waals surface area contributed by atoms with Crippen LogP contribution >= 0.6 is 31.9 Å². The SMILES string of the molecule is COc1ccc(Br)cc1C(Br)c1ccoc1C. The largest absolute Gasteiger partial charge is 0.496 e. The van der Waals surface area contributed by atoms with Gasteiger partial charge in [-0.2, -0.15) is 0 Å². The lowest BCUT2D eigenvalue weighted by Gasteiger charge is -2.14. The zero-order valence-electron chi connectivity index (χ0n) is 9.54. The van der Waals surface area contributed by atoms with Gasteiger partial charge in [-0.15, -0.1) is 0 Å². The van der Waals surface area contributed by atoms with Crippen molar-refractivity contribution in [2.45, 2.75) is 11.8 Å². The van der Waals surface area contributed by atoms with E-state index in [9.17, 15) is 0 Å². The Morgan fingerprint density at radius 2 is 2.00 bits per heavy atom. The summed E-state index contributed by atoms with van der Waals surface area (Å²) < 4.78 is 11.7. The van der Waals surface area contributed by atoms with Crippen LogP contribution in [0.25, 0.3) is 0 Å². The van der Waals surface area contributed by atoms with Crippen molar-refractivity contribution in [1.29, 1.82) is 0 Å². The van der Waals surface area contributed by atoms with Crippen molar-refractivity contribution in [3.8, 4) is 5.75 Å². The fraction of sp³-hybridized carbons (Fsp3) is 0.231. The van der Waals surface area contributed by atoms with Gasteiger partial charge >= 0.3 is 0 Å². The smallest absolute Gasteiger partial charge is 0.123 e. The fourth-order valence-corrected chi connectivity index (χ4v) is 2.94. The molecule has 0 spiro atoms. The lowest BCUT2D eigenvalue weighted by Crippen LogP contribution is -1.97. The molecule has 1 aromatic carbocycles. The fourth-order valence-electron chi connectivity index (χ4n) is 1.73. The van der Waals surface area contributed by atoms with E-state index in [2.05, 4.69) is 31.9 Å². The van der Waals surface area contributed by atoms with Crippen LogP contribution < -0.4 is 4.74 Å². The third kappa shape index (κ3) is 2.58. The first-order valence-electron chi connectivity index (χ1n) is 5.15. The molecule has 90 valence electrons. The minimum absolute atomic E-state index is 0.0636. The molecule has 1 unspecified atom stereocenters. The van der Waals surface area contributed by atoms with Crippen molar-refractivity contribution in [3.63, 3.8) is 0 Å². The number of ether oxygens (including phenoxy) is 1. The third-order valence-corrected chi connectivity index (χ3v) is 4.12. The van der Waals surface area contributed by atoms with E-state index in [0.717, 1.165) is 27.1 Å². The molecule has 17 heavy (non-hydrogen) atoms. The second-order valence-electron chi connectivity index (χ2n) is 3.68. The highest BCUT2D eigenvalue weighted by molar-refractivity contribution is 9.10. The molecule has 2 aromatic rings. The number of benzene rings is 1. The molecule has 0 saturated heterocycles. The Kier molecular flexibility index (Phi) is 3.94. The number of furan rings is 1. The number of halogens is 2. The molecule has 0 radical (unpaired) electrons. The second kappa shape index (κ2) is 5.27. The van der Waals surface area contributed by atoms with Gasteiger partial charge in [0, 0.05) is 15.6 Å². The van der Waals surface area contributed by atoms with Crippen LogP contribution in [0, 0.1) is 6.92 Å². The summed E-state index contributed by atoms with van der Waals surface area (Å²) in [7, 11) is 1.68. The predicted octanol–water partition coefficient (Wildman–Crippen LogP) is 4.84. The van der Waals surface area contributed by atoms with Crippen LogP contribution in [0.1, 0.15) is 21.7 Å². The minimum atomic E-state index is 0.0636. The van der Waals surface area contributed by atoms with Crippen LogP contribution in [-0.4, -0.2) is 7.11 Å². The first-order valence-corrected chi connectivity index (χ1v) is 6.86. The summed E-state index contributed by atoms with van der Waals surface area (Å²) in [5.41, 5.74) is 2.19. The highest BCUT2D eigenvalue weighted by atomic mass is 79.9. The molecule has 0 saturated carbocycles.